The van der Waals surface area contributed by atoms with Gasteiger partial charge in [0.05, 0.1) is 10.7 Å². The molecule has 3 heterocycles. The van der Waals surface area contributed by atoms with Crippen molar-refractivity contribution in [1.29, 1.82) is 0 Å². The van der Waals surface area contributed by atoms with Gasteiger partial charge in [0.25, 0.3) is 0 Å². The number of nitrogens with zero attached hydrogens (tertiary/aromatic N) is 3. The fourth-order valence-electron chi connectivity index (χ4n) is 3.74. The molecule has 1 unspecified atom stereocenters. The van der Waals surface area contributed by atoms with Crippen molar-refractivity contribution < 1.29 is 5.11 Å². The maximum absolute atomic E-state index is 9.39. The van der Waals surface area contributed by atoms with Crippen molar-refractivity contribution in [2.24, 2.45) is 5.92 Å². The first-order chi connectivity index (χ1) is 10.7. The van der Waals surface area contributed by atoms with Crippen molar-refractivity contribution in [3.63, 3.8) is 0 Å². The Labute approximate surface area is 138 Å². The number of piperidine rings is 2. The molecule has 1 atom stereocenters. The summed E-state index contributed by atoms with van der Waals surface area (Å²) < 4.78 is 0. The van der Waals surface area contributed by atoms with Crippen LogP contribution in [0.3, 0.4) is 0 Å². The van der Waals surface area contributed by atoms with E-state index in [1.54, 1.807) is 0 Å². The summed E-state index contributed by atoms with van der Waals surface area (Å²) >= 11 is 6.06. The smallest absolute Gasteiger partial charge is 0.128 e. The Morgan fingerprint density at radius 2 is 2.00 bits per heavy atom. The van der Waals surface area contributed by atoms with Crippen LogP contribution in [0.5, 0.6) is 0 Å². The number of anilines is 1. The highest BCUT2D eigenvalue weighted by molar-refractivity contribution is 6.31. The molecule has 1 aromatic heterocycles. The maximum Gasteiger partial charge on any atom is 0.128 e. The van der Waals surface area contributed by atoms with Gasteiger partial charge in [0, 0.05) is 32.3 Å². The number of pyridine rings is 1. The van der Waals surface area contributed by atoms with Gasteiger partial charge in [-0.3, -0.25) is 4.90 Å². The average Bonchev–Trinajstić information content (AvgIpc) is 2.57. The first-order valence-corrected chi connectivity index (χ1v) is 8.78. The van der Waals surface area contributed by atoms with Crippen LogP contribution in [0.1, 0.15) is 31.4 Å². The Balaban J connectivity index is 1.56. The molecule has 0 aromatic carbocycles. The SMILES string of the molecule is Cc1nc(N2CCC(N3CCCC(CO)C3)CC2)ccc1Cl. The average molecular weight is 324 g/mol. The molecule has 5 heteroatoms. The summed E-state index contributed by atoms with van der Waals surface area (Å²) in [6.07, 6.45) is 4.77. The van der Waals surface area contributed by atoms with Gasteiger partial charge in [-0.25, -0.2) is 4.98 Å². The summed E-state index contributed by atoms with van der Waals surface area (Å²) in [6, 6.07) is 4.64. The Kier molecular flexibility index (Phi) is 5.21. The van der Waals surface area contributed by atoms with Crippen LogP contribution in [-0.4, -0.2) is 53.8 Å². The monoisotopic (exact) mass is 323 g/mol. The van der Waals surface area contributed by atoms with Crippen molar-refractivity contribution in [2.75, 3.05) is 37.7 Å². The number of likely N-dealkylation sites (tertiary alicyclic amines) is 1. The molecule has 0 bridgehead atoms. The standard InChI is InChI=1S/C17H26ClN3O/c1-13-16(18)4-5-17(19-13)20-9-6-15(7-10-20)21-8-2-3-14(11-21)12-22/h4-5,14-15,22H,2-3,6-12H2,1H3. The minimum atomic E-state index is 0.337. The zero-order valence-electron chi connectivity index (χ0n) is 13.3. The molecule has 0 radical (unpaired) electrons. The first kappa shape index (κ1) is 16.0. The van der Waals surface area contributed by atoms with Gasteiger partial charge in [0.15, 0.2) is 0 Å². The van der Waals surface area contributed by atoms with E-state index < -0.39 is 0 Å². The van der Waals surface area contributed by atoms with Crippen molar-refractivity contribution >= 4 is 17.4 Å². The van der Waals surface area contributed by atoms with E-state index in [1.165, 1.54) is 32.2 Å². The number of rotatable bonds is 3. The Hall–Kier alpha value is -0.840. The van der Waals surface area contributed by atoms with Crippen LogP contribution in [-0.2, 0) is 0 Å². The first-order valence-electron chi connectivity index (χ1n) is 8.40. The molecule has 22 heavy (non-hydrogen) atoms. The van der Waals surface area contributed by atoms with E-state index in [0.717, 1.165) is 36.2 Å². The van der Waals surface area contributed by atoms with Gasteiger partial charge in [0.2, 0.25) is 0 Å². The maximum atomic E-state index is 9.39. The fourth-order valence-corrected chi connectivity index (χ4v) is 3.85. The van der Waals surface area contributed by atoms with Gasteiger partial charge in [-0.1, -0.05) is 11.6 Å². The molecule has 0 spiro atoms. The summed E-state index contributed by atoms with van der Waals surface area (Å²) in [6.45, 7) is 6.67. The highest BCUT2D eigenvalue weighted by atomic mass is 35.5. The number of aliphatic hydroxyl groups is 1. The van der Waals surface area contributed by atoms with E-state index in [2.05, 4.69) is 14.8 Å². The van der Waals surface area contributed by atoms with Crippen LogP contribution in [0.25, 0.3) is 0 Å². The third kappa shape index (κ3) is 3.55. The zero-order valence-corrected chi connectivity index (χ0v) is 14.1. The van der Waals surface area contributed by atoms with Crippen LogP contribution in [0, 0.1) is 12.8 Å². The van der Waals surface area contributed by atoms with Crippen LogP contribution in [0.15, 0.2) is 12.1 Å². The lowest BCUT2D eigenvalue weighted by Crippen LogP contribution is -2.49. The fraction of sp³-hybridized carbons (Fsp3) is 0.706. The third-order valence-corrected chi connectivity index (χ3v) is 5.52. The lowest BCUT2D eigenvalue weighted by atomic mass is 9.94. The topological polar surface area (TPSA) is 39.6 Å². The van der Waals surface area contributed by atoms with Gasteiger partial charge >= 0.3 is 0 Å². The molecule has 0 aliphatic carbocycles. The minimum absolute atomic E-state index is 0.337. The molecule has 4 nitrogen and oxygen atoms in total. The van der Waals surface area contributed by atoms with Gasteiger partial charge < -0.3 is 10.0 Å². The zero-order chi connectivity index (χ0) is 15.5. The number of halogens is 1. The van der Waals surface area contributed by atoms with E-state index in [1.807, 2.05) is 19.1 Å². The molecule has 2 aliphatic heterocycles. The second kappa shape index (κ2) is 7.16. The predicted molar refractivity (Wildman–Crippen MR) is 90.6 cm³/mol. The lowest BCUT2D eigenvalue weighted by Gasteiger charge is -2.42. The highest BCUT2D eigenvalue weighted by Gasteiger charge is 2.29. The Bertz CT molecular complexity index is 503. The molecular formula is C17H26ClN3O. The molecule has 122 valence electrons. The predicted octanol–water partition coefficient (Wildman–Crippen LogP) is 2.72. The minimum Gasteiger partial charge on any atom is -0.396 e. The molecule has 1 aromatic rings. The number of hydrogen-bond acceptors (Lipinski definition) is 4. The van der Waals surface area contributed by atoms with E-state index >= 15 is 0 Å². The summed E-state index contributed by atoms with van der Waals surface area (Å²) in [5.74, 6) is 1.53. The van der Waals surface area contributed by atoms with Gasteiger partial charge in [-0.05, 0) is 57.2 Å². The van der Waals surface area contributed by atoms with Crippen LogP contribution in [0.2, 0.25) is 5.02 Å². The molecule has 3 rings (SSSR count). The summed E-state index contributed by atoms with van der Waals surface area (Å²) in [5, 5.41) is 10.1. The molecule has 0 saturated carbocycles. The summed E-state index contributed by atoms with van der Waals surface area (Å²) in [7, 11) is 0. The summed E-state index contributed by atoms with van der Waals surface area (Å²) in [4.78, 5) is 9.57. The largest absolute Gasteiger partial charge is 0.396 e. The van der Waals surface area contributed by atoms with Crippen LogP contribution >= 0.6 is 11.6 Å². The van der Waals surface area contributed by atoms with Crippen LogP contribution in [0.4, 0.5) is 5.82 Å². The quantitative estimate of drug-likeness (QED) is 0.928. The van der Waals surface area contributed by atoms with Crippen molar-refractivity contribution in [3.8, 4) is 0 Å². The number of aryl methyl sites for hydroxylation is 1. The lowest BCUT2D eigenvalue weighted by molar-refractivity contribution is 0.0777. The highest BCUT2D eigenvalue weighted by Crippen LogP contribution is 2.26. The van der Waals surface area contributed by atoms with E-state index in [4.69, 9.17) is 11.6 Å². The molecule has 0 amide bonds. The number of hydrogen-bond donors (Lipinski definition) is 1. The van der Waals surface area contributed by atoms with Crippen molar-refractivity contribution in [3.05, 3.63) is 22.8 Å². The van der Waals surface area contributed by atoms with E-state index in [-0.39, 0.29) is 0 Å². The van der Waals surface area contributed by atoms with Gasteiger partial charge in [-0.2, -0.15) is 0 Å². The normalized spacial score (nSPS) is 24.7. The number of aliphatic hydroxyl groups excluding tert-OH is 1. The van der Waals surface area contributed by atoms with Gasteiger partial charge in [0.1, 0.15) is 5.82 Å². The van der Waals surface area contributed by atoms with Crippen molar-refractivity contribution in [1.82, 2.24) is 9.88 Å². The molecule has 2 aliphatic rings. The Morgan fingerprint density at radius 1 is 1.23 bits per heavy atom. The third-order valence-electron chi connectivity index (χ3n) is 5.12. The van der Waals surface area contributed by atoms with Crippen molar-refractivity contribution in [2.45, 2.75) is 38.6 Å². The second-order valence-corrected chi connectivity index (χ2v) is 7.05. The van der Waals surface area contributed by atoms with Gasteiger partial charge in [-0.15, -0.1) is 0 Å². The molecule has 1 N–H and O–H groups in total. The molecule has 2 saturated heterocycles. The van der Waals surface area contributed by atoms with E-state index in [0.29, 0.717) is 18.6 Å². The molecular weight excluding hydrogens is 298 g/mol. The van der Waals surface area contributed by atoms with E-state index in [9.17, 15) is 5.11 Å². The summed E-state index contributed by atoms with van der Waals surface area (Å²) in [5.41, 5.74) is 0.906. The number of aromatic nitrogens is 1. The molecule has 2 fully saturated rings. The van der Waals surface area contributed by atoms with Crippen LogP contribution < -0.4 is 4.90 Å². The Morgan fingerprint density at radius 3 is 2.68 bits per heavy atom. The second-order valence-electron chi connectivity index (χ2n) is 6.64.